The number of aryl methyl sites for hydroxylation is 1. The highest BCUT2D eigenvalue weighted by Gasteiger charge is 2.25. The van der Waals surface area contributed by atoms with Crippen LogP contribution in [0, 0.1) is 0 Å². The maximum absolute atomic E-state index is 11.6. The molecule has 0 aromatic carbocycles. The third-order valence-electron chi connectivity index (χ3n) is 2.30. The topological polar surface area (TPSA) is 44.0 Å². The van der Waals surface area contributed by atoms with E-state index in [1.807, 2.05) is 6.20 Å². The molecule has 0 saturated heterocycles. The summed E-state index contributed by atoms with van der Waals surface area (Å²) in [5, 5.41) is 0. The summed E-state index contributed by atoms with van der Waals surface area (Å²) in [6.45, 7) is 0.502. The summed E-state index contributed by atoms with van der Waals surface area (Å²) in [5.74, 6) is 0. The van der Waals surface area contributed by atoms with E-state index in [-0.39, 0.29) is 5.69 Å². The molecule has 0 atom stereocenters. The summed E-state index contributed by atoms with van der Waals surface area (Å²) >= 11 is 0. The molecule has 1 aromatic heterocycles. The number of carbonyl (C=O) groups excluding carboxylic acids is 1. The van der Waals surface area contributed by atoms with Gasteiger partial charge in [-0.1, -0.05) is 0 Å². The summed E-state index contributed by atoms with van der Waals surface area (Å²) in [4.78, 5) is 21.7. The van der Waals surface area contributed by atoms with Gasteiger partial charge >= 0.3 is 5.69 Å². The molecule has 1 fully saturated rings. The molecular formula is C9H12N2O2. The average molecular weight is 180 g/mol. The maximum Gasteiger partial charge on any atom is 0.328 e. The van der Waals surface area contributed by atoms with Crippen LogP contribution in [-0.4, -0.2) is 15.4 Å². The third-order valence-corrected chi connectivity index (χ3v) is 2.30. The van der Waals surface area contributed by atoms with Crippen LogP contribution in [0.15, 0.2) is 17.2 Å². The van der Waals surface area contributed by atoms with Gasteiger partial charge in [-0.15, -0.1) is 0 Å². The quantitative estimate of drug-likeness (QED) is 0.636. The Morgan fingerprint density at radius 1 is 1.46 bits per heavy atom. The van der Waals surface area contributed by atoms with Crippen molar-refractivity contribution in [2.24, 2.45) is 0 Å². The zero-order chi connectivity index (χ0) is 9.26. The molecule has 2 rings (SSSR count). The van der Waals surface area contributed by atoms with E-state index in [9.17, 15) is 9.59 Å². The second-order valence-corrected chi connectivity index (χ2v) is 3.37. The Morgan fingerprint density at radius 2 is 2.23 bits per heavy atom. The van der Waals surface area contributed by atoms with Gasteiger partial charge in [-0.2, -0.15) is 0 Å². The first-order valence-corrected chi connectivity index (χ1v) is 4.54. The highest BCUT2D eigenvalue weighted by atomic mass is 16.1. The van der Waals surface area contributed by atoms with Crippen molar-refractivity contribution in [3.05, 3.63) is 22.9 Å². The van der Waals surface area contributed by atoms with Gasteiger partial charge in [-0.3, -0.25) is 9.13 Å². The molecule has 1 aliphatic carbocycles. The molecule has 1 aliphatic rings. The van der Waals surface area contributed by atoms with Gasteiger partial charge in [-0.05, 0) is 12.8 Å². The molecule has 1 aromatic rings. The molecule has 0 spiro atoms. The molecule has 0 radical (unpaired) electrons. The number of rotatable bonds is 4. The van der Waals surface area contributed by atoms with Crippen molar-refractivity contribution in [1.82, 2.24) is 9.13 Å². The highest BCUT2D eigenvalue weighted by molar-refractivity contribution is 5.48. The van der Waals surface area contributed by atoms with Crippen molar-refractivity contribution in [2.75, 3.05) is 0 Å². The Kier molecular flexibility index (Phi) is 2.04. The van der Waals surface area contributed by atoms with Crippen LogP contribution in [0.25, 0.3) is 0 Å². The van der Waals surface area contributed by atoms with Gasteiger partial charge in [0.2, 0.25) is 0 Å². The molecule has 4 nitrogen and oxygen atoms in total. The lowest BCUT2D eigenvalue weighted by atomic mass is 10.5. The number of aromatic nitrogens is 2. The van der Waals surface area contributed by atoms with E-state index in [0.717, 1.165) is 19.1 Å². The molecular weight excluding hydrogens is 168 g/mol. The Bertz CT molecular complexity index is 360. The van der Waals surface area contributed by atoms with Crippen molar-refractivity contribution >= 4 is 6.29 Å². The van der Waals surface area contributed by atoms with Crippen LogP contribution in [0.5, 0.6) is 0 Å². The monoisotopic (exact) mass is 180 g/mol. The molecule has 70 valence electrons. The minimum absolute atomic E-state index is 0.0179. The Morgan fingerprint density at radius 3 is 2.85 bits per heavy atom. The maximum atomic E-state index is 11.6. The summed E-state index contributed by atoms with van der Waals surface area (Å²) in [7, 11) is 0. The molecule has 0 amide bonds. The van der Waals surface area contributed by atoms with E-state index in [1.165, 1.54) is 0 Å². The number of carbonyl (C=O) groups is 1. The van der Waals surface area contributed by atoms with Gasteiger partial charge in [0.25, 0.3) is 0 Å². The molecule has 4 heteroatoms. The SMILES string of the molecule is O=CCCn1ccn(C2CC2)c1=O. The number of hydrogen-bond donors (Lipinski definition) is 0. The van der Waals surface area contributed by atoms with Crippen molar-refractivity contribution in [3.8, 4) is 0 Å². The van der Waals surface area contributed by atoms with E-state index >= 15 is 0 Å². The first-order valence-electron chi connectivity index (χ1n) is 4.54. The molecule has 1 saturated carbocycles. The second kappa shape index (κ2) is 3.20. The average Bonchev–Trinajstić information content (AvgIpc) is 2.89. The van der Waals surface area contributed by atoms with Crippen molar-refractivity contribution < 1.29 is 4.79 Å². The highest BCUT2D eigenvalue weighted by Crippen LogP contribution is 2.33. The van der Waals surface area contributed by atoms with E-state index < -0.39 is 0 Å². The van der Waals surface area contributed by atoms with Crippen LogP contribution >= 0.6 is 0 Å². The zero-order valence-electron chi connectivity index (χ0n) is 7.35. The van der Waals surface area contributed by atoms with E-state index in [2.05, 4.69) is 0 Å². The fourth-order valence-electron chi connectivity index (χ4n) is 1.42. The zero-order valence-corrected chi connectivity index (χ0v) is 7.35. The van der Waals surface area contributed by atoms with Gasteiger partial charge in [0.1, 0.15) is 6.29 Å². The fraction of sp³-hybridized carbons (Fsp3) is 0.556. The van der Waals surface area contributed by atoms with Crippen LogP contribution < -0.4 is 5.69 Å². The molecule has 0 bridgehead atoms. The summed E-state index contributed by atoms with van der Waals surface area (Å²) in [6, 6.07) is 0.421. The standard InChI is InChI=1S/C9H12N2O2/c12-7-1-4-10-5-6-11(9(10)13)8-2-3-8/h5-8H,1-4H2. The minimum Gasteiger partial charge on any atom is -0.303 e. The number of hydrogen-bond acceptors (Lipinski definition) is 2. The van der Waals surface area contributed by atoms with Gasteiger partial charge in [-0.25, -0.2) is 4.79 Å². The number of aldehydes is 1. The van der Waals surface area contributed by atoms with Gasteiger partial charge in [0.15, 0.2) is 0 Å². The van der Waals surface area contributed by atoms with Gasteiger partial charge in [0.05, 0.1) is 0 Å². The lowest BCUT2D eigenvalue weighted by Crippen LogP contribution is -2.23. The molecule has 13 heavy (non-hydrogen) atoms. The summed E-state index contributed by atoms with van der Waals surface area (Å²) in [6.07, 6.45) is 7.03. The van der Waals surface area contributed by atoms with Crippen molar-refractivity contribution in [2.45, 2.75) is 31.8 Å². The lowest BCUT2D eigenvalue weighted by molar-refractivity contribution is -0.108. The minimum atomic E-state index is 0.0179. The van der Waals surface area contributed by atoms with Crippen molar-refractivity contribution in [3.63, 3.8) is 0 Å². The molecule has 0 aliphatic heterocycles. The number of imidazole rings is 1. The Hall–Kier alpha value is -1.32. The predicted molar refractivity (Wildman–Crippen MR) is 47.6 cm³/mol. The first-order chi connectivity index (χ1) is 6.33. The van der Waals surface area contributed by atoms with Crippen LogP contribution in [0.4, 0.5) is 0 Å². The molecule has 0 N–H and O–H groups in total. The van der Waals surface area contributed by atoms with Crippen LogP contribution in [0.3, 0.4) is 0 Å². The van der Waals surface area contributed by atoms with E-state index in [1.54, 1.807) is 15.3 Å². The first kappa shape index (κ1) is 8.29. The van der Waals surface area contributed by atoms with Gasteiger partial charge in [0, 0.05) is 31.4 Å². The van der Waals surface area contributed by atoms with Crippen LogP contribution in [0.2, 0.25) is 0 Å². The second-order valence-electron chi connectivity index (χ2n) is 3.37. The van der Waals surface area contributed by atoms with Crippen LogP contribution in [0.1, 0.15) is 25.3 Å². The summed E-state index contributed by atoms with van der Waals surface area (Å²) in [5.41, 5.74) is 0.0179. The van der Waals surface area contributed by atoms with Crippen LogP contribution in [-0.2, 0) is 11.3 Å². The predicted octanol–water partition coefficient (Wildman–Crippen LogP) is 0.574. The summed E-state index contributed by atoms with van der Waals surface area (Å²) < 4.78 is 3.34. The molecule has 0 unspecified atom stereocenters. The smallest absolute Gasteiger partial charge is 0.303 e. The van der Waals surface area contributed by atoms with E-state index in [0.29, 0.717) is 19.0 Å². The Labute approximate surface area is 75.8 Å². The van der Waals surface area contributed by atoms with Gasteiger partial charge < -0.3 is 4.79 Å². The Balaban J connectivity index is 2.17. The van der Waals surface area contributed by atoms with E-state index in [4.69, 9.17) is 0 Å². The number of nitrogens with zero attached hydrogens (tertiary/aromatic N) is 2. The lowest BCUT2D eigenvalue weighted by Gasteiger charge is -1.96. The third kappa shape index (κ3) is 1.56. The fourth-order valence-corrected chi connectivity index (χ4v) is 1.42. The largest absolute Gasteiger partial charge is 0.328 e. The normalized spacial score (nSPS) is 16.0. The van der Waals surface area contributed by atoms with Crippen molar-refractivity contribution in [1.29, 1.82) is 0 Å². The molecule has 1 heterocycles.